The molecule has 3 aromatic heterocycles. The van der Waals surface area contributed by atoms with E-state index in [4.69, 9.17) is 0 Å². The summed E-state index contributed by atoms with van der Waals surface area (Å²) in [5.41, 5.74) is 2.29. The van der Waals surface area contributed by atoms with Gasteiger partial charge in [-0.1, -0.05) is 13.8 Å². The third kappa shape index (κ3) is 2.64. The summed E-state index contributed by atoms with van der Waals surface area (Å²) >= 11 is 3.36. The molecule has 1 aliphatic rings. The minimum absolute atomic E-state index is 0.0908. The van der Waals surface area contributed by atoms with Gasteiger partial charge in [-0.15, -0.1) is 22.7 Å². The number of hydrogen-bond donors (Lipinski definition) is 0. The average Bonchev–Trinajstić information content (AvgIpc) is 3.13. The Morgan fingerprint density at radius 1 is 1.43 bits per heavy atom. The zero-order valence-electron chi connectivity index (χ0n) is 13.3. The predicted molar refractivity (Wildman–Crippen MR) is 95.7 cm³/mol. The Hall–Kier alpha value is -1.53. The first-order chi connectivity index (χ1) is 11.2. The van der Waals surface area contributed by atoms with Crippen molar-refractivity contribution in [3.63, 3.8) is 0 Å². The van der Waals surface area contributed by atoms with Crippen LogP contribution in [0.3, 0.4) is 0 Å². The Balaban J connectivity index is 1.77. The molecule has 0 saturated carbocycles. The molecule has 0 fully saturated rings. The van der Waals surface area contributed by atoms with Crippen LogP contribution in [-0.2, 0) is 25.8 Å². The van der Waals surface area contributed by atoms with Crippen LogP contribution in [0.2, 0.25) is 0 Å². The van der Waals surface area contributed by atoms with Crippen molar-refractivity contribution in [1.82, 2.24) is 14.5 Å². The van der Waals surface area contributed by atoms with Crippen molar-refractivity contribution in [2.45, 2.75) is 46.1 Å². The lowest BCUT2D eigenvalue weighted by atomic mass is 9.89. The SMILES string of the molecule is CCc1nc(Cn2cnc3sc4c(c3c2=O)CC[C@H](C)C4)cs1. The van der Waals surface area contributed by atoms with Gasteiger partial charge in [0, 0.05) is 10.3 Å². The van der Waals surface area contributed by atoms with Gasteiger partial charge in [0.1, 0.15) is 4.83 Å². The zero-order chi connectivity index (χ0) is 16.0. The lowest BCUT2D eigenvalue weighted by Gasteiger charge is -2.17. The fourth-order valence-electron chi connectivity index (χ4n) is 3.24. The van der Waals surface area contributed by atoms with Gasteiger partial charge in [-0.25, -0.2) is 9.97 Å². The quantitative estimate of drug-likeness (QED) is 0.728. The molecule has 0 bridgehead atoms. The summed E-state index contributed by atoms with van der Waals surface area (Å²) in [7, 11) is 0. The van der Waals surface area contributed by atoms with E-state index >= 15 is 0 Å². The normalized spacial score (nSPS) is 17.6. The van der Waals surface area contributed by atoms with Crippen molar-refractivity contribution >= 4 is 32.9 Å². The van der Waals surface area contributed by atoms with Crippen LogP contribution in [0.5, 0.6) is 0 Å². The molecular formula is C17H19N3OS2. The summed E-state index contributed by atoms with van der Waals surface area (Å²) in [6.07, 6.45) is 5.88. The number of nitrogens with zero attached hydrogens (tertiary/aromatic N) is 3. The van der Waals surface area contributed by atoms with E-state index in [9.17, 15) is 4.79 Å². The van der Waals surface area contributed by atoms with Crippen molar-refractivity contribution in [2.24, 2.45) is 5.92 Å². The molecule has 0 spiro atoms. The van der Waals surface area contributed by atoms with E-state index in [0.29, 0.717) is 12.5 Å². The molecule has 1 atom stereocenters. The average molecular weight is 345 g/mol. The molecular weight excluding hydrogens is 326 g/mol. The number of thiophene rings is 1. The number of fused-ring (bicyclic) bond motifs is 3. The summed E-state index contributed by atoms with van der Waals surface area (Å²) in [6.45, 7) is 4.90. The van der Waals surface area contributed by atoms with Crippen LogP contribution in [0.25, 0.3) is 10.2 Å². The first-order valence-corrected chi connectivity index (χ1v) is 9.78. The third-order valence-corrected chi connectivity index (χ3v) is 6.72. The number of rotatable bonds is 3. The molecule has 0 saturated heterocycles. The first kappa shape index (κ1) is 15.0. The summed E-state index contributed by atoms with van der Waals surface area (Å²) in [5.74, 6) is 0.709. The van der Waals surface area contributed by atoms with Crippen LogP contribution >= 0.6 is 22.7 Å². The summed E-state index contributed by atoms with van der Waals surface area (Å²) in [4.78, 5) is 24.3. The van der Waals surface area contributed by atoms with Crippen LogP contribution < -0.4 is 5.56 Å². The fourth-order valence-corrected chi connectivity index (χ4v) is 5.31. The second-order valence-electron chi connectivity index (χ2n) is 6.30. The molecule has 0 radical (unpaired) electrons. The molecule has 3 aromatic rings. The molecule has 4 rings (SSSR count). The maximum atomic E-state index is 12.9. The highest BCUT2D eigenvalue weighted by Crippen LogP contribution is 2.35. The van der Waals surface area contributed by atoms with Crippen molar-refractivity contribution in [3.05, 3.63) is 43.2 Å². The van der Waals surface area contributed by atoms with E-state index in [2.05, 4.69) is 23.8 Å². The Bertz CT molecular complexity index is 922. The van der Waals surface area contributed by atoms with Crippen LogP contribution in [0.4, 0.5) is 0 Å². The molecule has 0 amide bonds. The van der Waals surface area contributed by atoms with E-state index in [0.717, 1.165) is 40.2 Å². The molecule has 4 nitrogen and oxygen atoms in total. The minimum Gasteiger partial charge on any atom is -0.293 e. The fraction of sp³-hybridized carbons (Fsp3) is 0.471. The lowest BCUT2D eigenvalue weighted by Crippen LogP contribution is -2.22. The van der Waals surface area contributed by atoms with Crippen molar-refractivity contribution in [1.29, 1.82) is 0 Å². The smallest absolute Gasteiger partial charge is 0.262 e. The van der Waals surface area contributed by atoms with E-state index in [1.807, 2.05) is 5.38 Å². The topological polar surface area (TPSA) is 47.8 Å². The molecule has 1 aliphatic carbocycles. The highest BCUT2D eigenvalue weighted by Gasteiger charge is 2.23. The molecule has 3 heterocycles. The third-order valence-electron chi connectivity index (χ3n) is 4.52. The molecule has 23 heavy (non-hydrogen) atoms. The van der Waals surface area contributed by atoms with Gasteiger partial charge in [-0.3, -0.25) is 9.36 Å². The molecule has 0 unspecified atom stereocenters. The standard InChI is InChI=1S/C17H19N3OS2/c1-3-14-19-11(8-22-14)7-20-9-18-16-15(17(20)21)12-5-4-10(2)6-13(12)23-16/h8-10H,3-7H2,1-2H3/t10-/m0/s1. The summed E-state index contributed by atoms with van der Waals surface area (Å²) in [5, 5.41) is 4.01. The predicted octanol–water partition coefficient (Wildman–Crippen LogP) is 3.65. The van der Waals surface area contributed by atoms with Crippen LogP contribution in [0.15, 0.2) is 16.5 Å². The summed E-state index contributed by atoms with van der Waals surface area (Å²) in [6, 6.07) is 0. The van der Waals surface area contributed by atoms with E-state index < -0.39 is 0 Å². The molecule has 0 aromatic carbocycles. The van der Waals surface area contributed by atoms with Crippen LogP contribution in [-0.4, -0.2) is 14.5 Å². The number of hydrogen-bond acceptors (Lipinski definition) is 5. The van der Waals surface area contributed by atoms with Gasteiger partial charge >= 0.3 is 0 Å². The van der Waals surface area contributed by atoms with Crippen molar-refractivity contribution in [2.75, 3.05) is 0 Å². The number of aromatic nitrogens is 3. The molecule has 120 valence electrons. The largest absolute Gasteiger partial charge is 0.293 e. The number of thiazole rings is 1. The van der Waals surface area contributed by atoms with E-state index in [1.54, 1.807) is 33.6 Å². The Morgan fingerprint density at radius 2 is 2.30 bits per heavy atom. The Morgan fingerprint density at radius 3 is 3.09 bits per heavy atom. The Labute approximate surface area is 142 Å². The maximum absolute atomic E-state index is 12.9. The maximum Gasteiger partial charge on any atom is 0.262 e. The highest BCUT2D eigenvalue weighted by molar-refractivity contribution is 7.18. The van der Waals surface area contributed by atoms with Gasteiger partial charge in [0.25, 0.3) is 5.56 Å². The van der Waals surface area contributed by atoms with Gasteiger partial charge in [-0.2, -0.15) is 0 Å². The van der Waals surface area contributed by atoms with Gasteiger partial charge in [0.05, 0.1) is 29.0 Å². The van der Waals surface area contributed by atoms with Gasteiger partial charge in [-0.05, 0) is 37.2 Å². The molecule has 6 heteroatoms. The molecule has 0 N–H and O–H groups in total. The highest BCUT2D eigenvalue weighted by atomic mass is 32.1. The monoisotopic (exact) mass is 345 g/mol. The van der Waals surface area contributed by atoms with Gasteiger partial charge in [0.2, 0.25) is 0 Å². The van der Waals surface area contributed by atoms with Crippen LogP contribution in [0, 0.1) is 5.92 Å². The number of aryl methyl sites for hydroxylation is 2. The lowest BCUT2D eigenvalue weighted by molar-refractivity contribution is 0.509. The van der Waals surface area contributed by atoms with E-state index in [-0.39, 0.29) is 5.56 Å². The van der Waals surface area contributed by atoms with Gasteiger partial charge < -0.3 is 0 Å². The summed E-state index contributed by atoms with van der Waals surface area (Å²) < 4.78 is 1.71. The molecule has 0 aliphatic heterocycles. The van der Waals surface area contributed by atoms with E-state index in [1.165, 1.54) is 16.9 Å². The second kappa shape index (κ2) is 5.83. The Kier molecular flexibility index (Phi) is 3.81. The van der Waals surface area contributed by atoms with Crippen molar-refractivity contribution < 1.29 is 0 Å². The van der Waals surface area contributed by atoms with Gasteiger partial charge in [0.15, 0.2) is 0 Å². The van der Waals surface area contributed by atoms with Crippen molar-refractivity contribution in [3.8, 4) is 0 Å². The minimum atomic E-state index is 0.0908. The first-order valence-electron chi connectivity index (χ1n) is 8.08. The van der Waals surface area contributed by atoms with Crippen LogP contribution in [0.1, 0.15) is 41.4 Å². The second-order valence-corrected chi connectivity index (χ2v) is 8.32. The zero-order valence-corrected chi connectivity index (χ0v) is 15.0.